The van der Waals surface area contributed by atoms with E-state index in [9.17, 15) is 0 Å². The van der Waals surface area contributed by atoms with Gasteiger partial charge in [0, 0.05) is 31.9 Å². The third kappa shape index (κ3) is 5.62. The third-order valence-corrected chi connectivity index (χ3v) is 3.37. The Morgan fingerprint density at radius 3 is 2.26 bits per heavy atom. The fraction of sp³-hybridized carbons (Fsp3) is 0.625. The summed E-state index contributed by atoms with van der Waals surface area (Å²) in [5.41, 5.74) is 2.71. The molecule has 0 aliphatic rings. The van der Waals surface area contributed by atoms with E-state index in [1.165, 1.54) is 17.7 Å². The van der Waals surface area contributed by atoms with Gasteiger partial charge in [0.1, 0.15) is 0 Å². The smallest absolute Gasteiger partial charge is 0.0366 e. The molecule has 108 valence electrons. The molecule has 0 saturated heterocycles. The summed E-state index contributed by atoms with van der Waals surface area (Å²) < 4.78 is 0. The summed E-state index contributed by atoms with van der Waals surface area (Å²) >= 11 is 0. The Hall–Kier alpha value is -1.06. The van der Waals surface area contributed by atoms with Crippen molar-refractivity contribution in [1.29, 1.82) is 0 Å². The topological polar surface area (TPSA) is 18.5 Å². The van der Waals surface area contributed by atoms with Crippen LogP contribution in [-0.4, -0.2) is 45.2 Å². The lowest BCUT2D eigenvalue weighted by Crippen LogP contribution is -2.30. The Bertz CT molecular complexity index is 334. The number of nitrogens with one attached hydrogen (secondary N) is 1. The van der Waals surface area contributed by atoms with Crippen molar-refractivity contribution in [3.63, 3.8) is 0 Å². The van der Waals surface area contributed by atoms with Crippen LogP contribution >= 0.6 is 0 Å². The van der Waals surface area contributed by atoms with Gasteiger partial charge in [-0.2, -0.15) is 0 Å². The standard InChI is InChI=1S/C16H29N3/c1-5-12-18(4)14-15-7-9-16(10-8-15)19(6-2)13-11-17-3/h7-10,17H,5-6,11-14H2,1-4H3. The van der Waals surface area contributed by atoms with Crippen molar-refractivity contribution in [1.82, 2.24) is 10.2 Å². The molecular formula is C16H29N3. The number of hydrogen-bond acceptors (Lipinski definition) is 3. The molecule has 0 fully saturated rings. The monoisotopic (exact) mass is 263 g/mol. The van der Waals surface area contributed by atoms with Gasteiger partial charge in [-0.05, 0) is 51.7 Å². The van der Waals surface area contributed by atoms with Crippen LogP contribution in [0, 0.1) is 0 Å². The molecule has 0 heterocycles. The average molecular weight is 263 g/mol. The minimum Gasteiger partial charge on any atom is -0.371 e. The van der Waals surface area contributed by atoms with Crippen molar-refractivity contribution in [2.24, 2.45) is 0 Å². The van der Waals surface area contributed by atoms with E-state index in [2.05, 4.69) is 60.3 Å². The van der Waals surface area contributed by atoms with Crippen molar-refractivity contribution < 1.29 is 0 Å². The molecule has 0 amide bonds. The van der Waals surface area contributed by atoms with E-state index >= 15 is 0 Å². The van der Waals surface area contributed by atoms with E-state index in [1.54, 1.807) is 0 Å². The lowest BCUT2D eigenvalue weighted by molar-refractivity contribution is 0.327. The second kappa shape index (κ2) is 8.94. The maximum atomic E-state index is 3.21. The first-order chi connectivity index (χ1) is 9.21. The molecule has 3 nitrogen and oxygen atoms in total. The SMILES string of the molecule is CCCN(C)Cc1ccc(N(CC)CCNC)cc1. The Kier molecular flexibility index (Phi) is 7.53. The quantitative estimate of drug-likeness (QED) is 0.739. The summed E-state index contributed by atoms with van der Waals surface area (Å²) in [4.78, 5) is 4.77. The summed E-state index contributed by atoms with van der Waals surface area (Å²) in [7, 11) is 4.18. The molecule has 1 aromatic carbocycles. The Labute approximate surface area is 118 Å². The van der Waals surface area contributed by atoms with Gasteiger partial charge < -0.3 is 15.1 Å². The lowest BCUT2D eigenvalue weighted by Gasteiger charge is -2.23. The van der Waals surface area contributed by atoms with Crippen molar-refractivity contribution in [3.05, 3.63) is 29.8 Å². The highest BCUT2D eigenvalue weighted by atomic mass is 15.1. The number of anilines is 1. The number of hydrogen-bond donors (Lipinski definition) is 1. The molecule has 0 radical (unpaired) electrons. The highest BCUT2D eigenvalue weighted by molar-refractivity contribution is 5.47. The van der Waals surface area contributed by atoms with Gasteiger partial charge in [0.25, 0.3) is 0 Å². The zero-order valence-corrected chi connectivity index (χ0v) is 12.9. The summed E-state index contributed by atoms with van der Waals surface area (Å²) in [6.07, 6.45) is 1.21. The molecule has 0 aromatic heterocycles. The van der Waals surface area contributed by atoms with Crippen molar-refractivity contribution in [2.75, 3.05) is 45.2 Å². The van der Waals surface area contributed by atoms with E-state index in [0.29, 0.717) is 0 Å². The molecule has 0 aliphatic carbocycles. The number of likely N-dealkylation sites (N-methyl/N-ethyl adjacent to an activating group) is 2. The molecule has 19 heavy (non-hydrogen) atoms. The first kappa shape index (κ1) is 16.0. The molecular weight excluding hydrogens is 234 g/mol. The van der Waals surface area contributed by atoms with E-state index in [0.717, 1.165) is 32.7 Å². The molecule has 0 spiro atoms. The van der Waals surface area contributed by atoms with Crippen LogP contribution in [0.4, 0.5) is 5.69 Å². The third-order valence-electron chi connectivity index (χ3n) is 3.37. The van der Waals surface area contributed by atoms with Gasteiger partial charge in [0.05, 0.1) is 0 Å². The lowest BCUT2D eigenvalue weighted by atomic mass is 10.2. The minimum atomic E-state index is 1.02. The van der Waals surface area contributed by atoms with Crippen LogP contribution in [0.2, 0.25) is 0 Å². The Balaban J connectivity index is 2.58. The van der Waals surface area contributed by atoms with E-state index in [1.807, 2.05) is 7.05 Å². The average Bonchev–Trinajstić information content (AvgIpc) is 2.41. The molecule has 1 aromatic rings. The van der Waals surface area contributed by atoms with E-state index in [-0.39, 0.29) is 0 Å². The fourth-order valence-corrected chi connectivity index (χ4v) is 2.30. The first-order valence-corrected chi connectivity index (χ1v) is 7.38. The highest BCUT2D eigenvalue weighted by Gasteiger charge is 2.04. The second-order valence-corrected chi connectivity index (χ2v) is 5.09. The molecule has 0 atom stereocenters. The van der Waals surface area contributed by atoms with Gasteiger partial charge in [-0.3, -0.25) is 0 Å². The van der Waals surface area contributed by atoms with E-state index in [4.69, 9.17) is 0 Å². The van der Waals surface area contributed by atoms with Crippen LogP contribution in [-0.2, 0) is 6.54 Å². The van der Waals surface area contributed by atoms with Gasteiger partial charge >= 0.3 is 0 Å². The number of rotatable bonds is 9. The van der Waals surface area contributed by atoms with Gasteiger partial charge in [-0.1, -0.05) is 19.1 Å². The van der Waals surface area contributed by atoms with Gasteiger partial charge in [0.15, 0.2) is 0 Å². The van der Waals surface area contributed by atoms with Crippen LogP contribution in [0.1, 0.15) is 25.8 Å². The Morgan fingerprint density at radius 2 is 1.74 bits per heavy atom. The van der Waals surface area contributed by atoms with Gasteiger partial charge in [-0.25, -0.2) is 0 Å². The maximum absolute atomic E-state index is 3.21. The first-order valence-electron chi connectivity index (χ1n) is 7.38. The van der Waals surface area contributed by atoms with Gasteiger partial charge in [0.2, 0.25) is 0 Å². The molecule has 0 aliphatic heterocycles. The van der Waals surface area contributed by atoms with Crippen LogP contribution in [0.15, 0.2) is 24.3 Å². The predicted octanol–water partition coefficient (Wildman–Crippen LogP) is 2.57. The molecule has 1 rings (SSSR count). The molecule has 3 heteroatoms. The highest BCUT2D eigenvalue weighted by Crippen LogP contribution is 2.15. The summed E-state index contributed by atoms with van der Waals surface area (Å²) in [6, 6.07) is 9.00. The second-order valence-electron chi connectivity index (χ2n) is 5.09. The molecule has 1 N–H and O–H groups in total. The summed E-state index contributed by atoms with van der Waals surface area (Å²) in [5.74, 6) is 0. The molecule has 0 saturated carbocycles. The van der Waals surface area contributed by atoms with Crippen LogP contribution in [0.3, 0.4) is 0 Å². The summed E-state index contributed by atoms with van der Waals surface area (Å²) in [6.45, 7) is 9.76. The maximum Gasteiger partial charge on any atom is 0.0366 e. The van der Waals surface area contributed by atoms with Crippen molar-refractivity contribution in [3.8, 4) is 0 Å². The fourth-order valence-electron chi connectivity index (χ4n) is 2.30. The predicted molar refractivity (Wildman–Crippen MR) is 84.9 cm³/mol. The molecule has 0 unspecified atom stereocenters. The zero-order chi connectivity index (χ0) is 14.1. The Morgan fingerprint density at radius 1 is 1.05 bits per heavy atom. The zero-order valence-electron chi connectivity index (χ0n) is 12.9. The minimum absolute atomic E-state index is 1.02. The molecule has 0 bridgehead atoms. The normalized spacial score (nSPS) is 11.0. The van der Waals surface area contributed by atoms with Crippen LogP contribution in [0.5, 0.6) is 0 Å². The van der Waals surface area contributed by atoms with Crippen molar-refractivity contribution in [2.45, 2.75) is 26.8 Å². The van der Waals surface area contributed by atoms with E-state index < -0.39 is 0 Å². The van der Waals surface area contributed by atoms with Crippen molar-refractivity contribution >= 4 is 5.69 Å². The number of nitrogens with zero attached hydrogens (tertiary/aromatic N) is 2. The largest absolute Gasteiger partial charge is 0.371 e. The van der Waals surface area contributed by atoms with Gasteiger partial charge in [-0.15, -0.1) is 0 Å². The van der Waals surface area contributed by atoms with Crippen LogP contribution in [0.25, 0.3) is 0 Å². The number of benzene rings is 1. The van der Waals surface area contributed by atoms with Crippen LogP contribution < -0.4 is 10.2 Å². The summed E-state index contributed by atoms with van der Waals surface area (Å²) in [5, 5.41) is 3.21.